The highest BCUT2D eigenvalue weighted by molar-refractivity contribution is 6.42. The maximum atomic E-state index is 11.3. The van der Waals surface area contributed by atoms with Crippen molar-refractivity contribution >= 4 is 34.9 Å². The monoisotopic (exact) mass is 297 g/mol. The summed E-state index contributed by atoms with van der Waals surface area (Å²) in [4.78, 5) is 15.1. The fourth-order valence-electron chi connectivity index (χ4n) is 1.40. The maximum Gasteiger partial charge on any atom is 0.252 e. The minimum absolute atomic E-state index is 0.138. The fraction of sp³-hybridized carbons (Fsp3) is 0. The Hall–Kier alpha value is -1.98. The number of anilines is 1. The summed E-state index contributed by atoms with van der Waals surface area (Å²) in [5, 5.41) is 0.739. The molecule has 0 atom stereocenters. The molecule has 0 radical (unpaired) electrons. The Labute approximate surface area is 119 Å². The smallest absolute Gasteiger partial charge is 0.252 e. The van der Waals surface area contributed by atoms with Crippen LogP contribution in [0.3, 0.4) is 0 Å². The van der Waals surface area contributed by atoms with Crippen LogP contribution in [-0.4, -0.2) is 10.9 Å². The quantitative estimate of drug-likeness (QED) is 0.911. The molecule has 1 aromatic heterocycles. The maximum absolute atomic E-state index is 11.3. The van der Waals surface area contributed by atoms with E-state index in [1.54, 1.807) is 12.1 Å². The molecule has 1 aromatic carbocycles. The van der Waals surface area contributed by atoms with E-state index >= 15 is 0 Å². The Balaban J connectivity index is 2.37. The second-order valence-corrected chi connectivity index (χ2v) is 4.46. The van der Waals surface area contributed by atoms with Crippen LogP contribution in [0.5, 0.6) is 11.5 Å². The molecule has 0 fully saturated rings. The third-order valence-electron chi connectivity index (χ3n) is 2.27. The number of hydrogen-bond donors (Lipinski definition) is 2. The molecule has 5 nitrogen and oxygen atoms in total. The fourth-order valence-corrected chi connectivity index (χ4v) is 1.69. The topological polar surface area (TPSA) is 91.2 Å². The number of hydrogen-bond acceptors (Lipinski definition) is 4. The molecule has 0 aliphatic heterocycles. The van der Waals surface area contributed by atoms with E-state index in [0.29, 0.717) is 15.8 Å². The number of nitrogens with two attached hydrogens (primary N) is 2. The van der Waals surface area contributed by atoms with Gasteiger partial charge in [-0.15, -0.1) is 0 Å². The summed E-state index contributed by atoms with van der Waals surface area (Å²) in [7, 11) is 0. The van der Waals surface area contributed by atoms with E-state index in [4.69, 9.17) is 39.4 Å². The molecular formula is C12H9Cl2N3O2. The molecule has 0 saturated carbocycles. The number of pyridine rings is 1. The lowest BCUT2D eigenvalue weighted by Gasteiger charge is -2.09. The second kappa shape index (κ2) is 5.34. The number of halogens is 2. The largest absolute Gasteiger partial charge is 0.455 e. The second-order valence-electron chi connectivity index (χ2n) is 3.65. The highest BCUT2D eigenvalue weighted by Crippen LogP contribution is 2.30. The van der Waals surface area contributed by atoms with Gasteiger partial charge in [-0.05, 0) is 18.2 Å². The van der Waals surface area contributed by atoms with E-state index in [0.717, 1.165) is 0 Å². The van der Waals surface area contributed by atoms with Gasteiger partial charge in [0.25, 0.3) is 5.91 Å². The van der Waals surface area contributed by atoms with Gasteiger partial charge in [0.2, 0.25) is 0 Å². The van der Waals surface area contributed by atoms with Gasteiger partial charge in [-0.25, -0.2) is 4.98 Å². The predicted molar refractivity (Wildman–Crippen MR) is 73.7 cm³/mol. The molecule has 1 heterocycles. The van der Waals surface area contributed by atoms with Crippen molar-refractivity contribution < 1.29 is 9.53 Å². The molecule has 19 heavy (non-hydrogen) atoms. The molecule has 0 bridgehead atoms. The number of amides is 1. The Morgan fingerprint density at radius 1 is 1.21 bits per heavy atom. The summed E-state index contributed by atoms with van der Waals surface area (Å²) in [6.45, 7) is 0. The zero-order valence-corrected chi connectivity index (χ0v) is 11.1. The van der Waals surface area contributed by atoms with Crippen LogP contribution in [-0.2, 0) is 0 Å². The summed E-state index contributed by atoms with van der Waals surface area (Å²) in [6.07, 6.45) is 1.32. The lowest BCUT2D eigenvalue weighted by atomic mass is 10.2. The van der Waals surface area contributed by atoms with Crippen LogP contribution in [0.1, 0.15) is 10.4 Å². The normalized spacial score (nSPS) is 10.2. The Kier molecular flexibility index (Phi) is 3.78. The van der Waals surface area contributed by atoms with Crippen molar-refractivity contribution in [3.8, 4) is 11.5 Å². The number of aromatic nitrogens is 1. The SMILES string of the molecule is NC(=O)c1cc(N)ncc1Oc1ccc(Cl)c(Cl)c1. The first-order valence-corrected chi connectivity index (χ1v) is 5.91. The Bertz CT molecular complexity index is 647. The first kappa shape index (κ1) is 13.5. The van der Waals surface area contributed by atoms with Gasteiger partial charge in [-0.1, -0.05) is 23.2 Å². The third-order valence-corrected chi connectivity index (χ3v) is 3.01. The van der Waals surface area contributed by atoms with Crippen LogP contribution in [0.25, 0.3) is 0 Å². The first-order valence-electron chi connectivity index (χ1n) is 5.15. The van der Waals surface area contributed by atoms with Crippen LogP contribution in [0.15, 0.2) is 30.5 Å². The van der Waals surface area contributed by atoms with Crippen molar-refractivity contribution in [2.45, 2.75) is 0 Å². The lowest BCUT2D eigenvalue weighted by Crippen LogP contribution is -2.13. The summed E-state index contributed by atoms with van der Waals surface area (Å²) in [5.41, 5.74) is 10.9. The zero-order chi connectivity index (χ0) is 14.0. The number of nitrogen functional groups attached to an aromatic ring is 1. The number of primary amides is 1. The molecule has 0 aliphatic carbocycles. The molecule has 98 valence electrons. The van der Waals surface area contributed by atoms with E-state index < -0.39 is 5.91 Å². The van der Waals surface area contributed by atoms with E-state index in [9.17, 15) is 4.79 Å². The molecule has 7 heteroatoms. The van der Waals surface area contributed by atoms with Gasteiger partial charge < -0.3 is 16.2 Å². The van der Waals surface area contributed by atoms with Gasteiger partial charge in [0.15, 0.2) is 5.75 Å². The van der Waals surface area contributed by atoms with Crippen molar-refractivity contribution in [3.63, 3.8) is 0 Å². The van der Waals surface area contributed by atoms with Gasteiger partial charge in [0.1, 0.15) is 11.6 Å². The number of ether oxygens (including phenoxy) is 1. The molecule has 0 saturated heterocycles. The van der Waals surface area contributed by atoms with Crippen LogP contribution < -0.4 is 16.2 Å². The minimum atomic E-state index is -0.663. The van der Waals surface area contributed by atoms with E-state index in [-0.39, 0.29) is 17.1 Å². The molecule has 4 N–H and O–H groups in total. The summed E-state index contributed by atoms with van der Waals surface area (Å²) < 4.78 is 5.50. The van der Waals surface area contributed by atoms with Crippen molar-refractivity contribution in [2.75, 3.05) is 5.73 Å². The predicted octanol–water partition coefficient (Wildman–Crippen LogP) is 2.86. The average molecular weight is 298 g/mol. The summed E-state index contributed by atoms with van der Waals surface area (Å²) in [6, 6.07) is 6.05. The highest BCUT2D eigenvalue weighted by Gasteiger charge is 2.12. The summed E-state index contributed by atoms with van der Waals surface area (Å²) >= 11 is 11.7. The molecule has 1 amide bonds. The number of nitrogens with zero attached hydrogens (tertiary/aromatic N) is 1. The molecule has 0 aliphatic rings. The van der Waals surface area contributed by atoms with Crippen LogP contribution >= 0.6 is 23.2 Å². The van der Waals surface area contributed by atoms with Gasteiger partial charge in [0.05, 0.1) is 21.8 Å². The van der Waals surface area contributed by atoms with E-state index in [2.05, 4.69) is 4.98 Å². The molecule has 0 spiro atoms. The zero-order valence-electron chi connectivity index (χ0n) is 9.56. The van der Waals surface area contributed by atoms with E-state index in [1.807, 2.05) is 0 Å². The number of carbonyl (C=O) groups excluding carboxylic acids is 1. The van der Waals surface area contributed by atoms with Crippen molar-refractivity contribution in [1.82, 2.24) is 4.98 Å². The van der Waals surface area contributed by atoms with Gasteiger partial charge >= 0.3 is 0 Å². The van der Waals surface area contributed by atoms with Crippen LogP contribution in [0.2, 0.25) is 10.0 Å². The highest BCUT2D eigenvalue weighted by atomic mass is 35.5. The minimum Gasteiger partial charge on any atom is -0.455 e. The summed E-state index contributed by atoms with van der Waals surface area (Å²) in [5.74, 6) is 0.114. The lowest BCUT2D eigenvalue weighted by molar-refractivity contribution is 0.0998. The average Bonchev–Trinajstić information content (AvgIpc) is 2.36. The van der Waals surface area contributed by atoms with Gasteiger partial charge in [-0.2, -0.15) is 0 Å². The number of benzene rings is 1. The van der Waals surface area contributed by atoms with Crippen molar-refractivity contribution in [1.29, 1.82) is 0 Å². The van der Waals surface area contributed by atoms with Gasteiger partial charge in [0, 0.05) is 6.07 Å². The molecule has 2 rings (SSSR count). The van der Waals surface area contributed by atoms with Crippen LogP contribution in [0.4, 0.5) is 5.82 Å². The van der Waals surface area contributed by atoms with Crippen molar-refractivity contribution in [2.24, 2.45) is 5.73 Å². The third kappa shape index (κ3) is 3.07. The van der Waals surface area contributed by atoms with Crippen molar-refractivity contribution in [3.05, 3.63) is 46.1 Å². The number of rotatable bonds is 3. The Morgan fingerprint density at radius 3 is 2.58 bits per heavy atom. The van der Waals surface area contributed by atoms with Gasteiger partial charge in [-0.3, -0.25) is 4.79 Å². The standard InChI is InChI=1S/C12H9Cl2N3O2/c13-8-2-1-6(3-9(8)14)19-10-5-17-11(15)4-7(10)12(16)18/h1-5H,(H2,15,17)(H2,16,18). The Morgan fingerprint density at radius 2 is 1.95 bits per heavy atom. The molecule has 2 aromatic rings. The molecular weight excluding hydrogens is 289 g/mol. The molecule has 0 unspecified atom stereocenters. The number of carbonyl (C=O) groups is 1. The first-order chi connectivity index (χ1) is 8.97. The van der Waals surface area contributed by atoms with Crippen LogP contribution in [0, 0.1) is 0 Å². The van der Waals surface area contributed by atoms with E-state index in [1.165, 1.54) is 18.3 Å².